The summed E-state index contributed by atoms with van der Waals surface area (Å²) in [6.45, 7) is 1.52. The van der Waals surface area contributed by atoms with E-state index < -0.39 is 29.7 Å². The summed E-state index contributed by atoms with van der Waals surface area (Å²) in [7, 11) is 0. The molecule has 1 N–H and O–H groups in total. The van der Waals surface area contributed by atoms with Crippen molar-refractivity contribution in [2.75, 3.05) is 26.4 Å². The molecule has 1 atom stereocenters. The maximum absolute atomic E-state index is 13.3. The van der Waals surface area contributed by atoms with Gasteiger partial charge in [0.2, 0.25) is 11.8 Å². The molecule has 312 valence electrons. The lowest BCUT2D eigenvalue weighted by Crippen LogP contribution is -2.54. The first-order valence-electron chi connectivity index (χ1n) is 20.5. The van der Waals surface area contributed by atoms with Gasteiger partial charge in [0.25, 0.3) is 11.8 Å². The van der Waals surface area contributed by atoms with Gasteiger partial charge in [-0.2, -0.15) is 5.10 Å². The van der Waals surface area contributed by atoms with Crippen LogP contribution >= 0.6 is 0 Å². The van der Waals surface area contributed by atoms with Gasteiger partial charge in [-0.15, -0.1) is 0 Å². The van der Waals surface area contributed by atoms with E-state index in [0.717, 1.165) is 56.1 Å². The number of hydrogen-bond donors (Lipinski definition) is 1. The summed E-state index contributed by atoms with van der Waals surface area (Å²) in [6.07, 6.45) is 7.45. The maximum Gasteiger partial charge on any atom is 0.266 e. The first-order chi connectivity index (χ1) is 30.3. The van der Waals surface area contributed by atoms with Gasteiger partial charge in [-0.25, -0.2) is 4.68 Å². The van der Waals surface area contributed by atoms with Crippen LogP contribution in [-0.4, -0.2) is 81.5 Å². The van der Waals surface area contributed by atoms with E-state index in [1.54, 1.807) is 24.5 Å². The smallest absolute Gasteiger partial charge is 0.266 e. The third kappa shape index (κ3) is 8.19. The quantitative estimate of drug-likeness (QED) is 0.0827. The number of pyridine rings is 1. The van der Waals surface area contributed by atoms with Gasteiger partial charge < -0.3 is 18.9 Å². The van der Waals surface area contributed by atoms with Crippen molar-refractivity contribution in [2.45, 2.75) is 44.8 Å². The normalized spacial score (nSPS) is 15.7. The number of amides is 4. The number of para-hydroxylation sites is 1. The minimum atomic E-state index is -1.05. The molecule has 0 saturated carbocycles. The fourth-order valence-electron chi connectivity index (χ4n) is 7.94. The summed E-state index contributed by atoms with van der Waals surface area (Å²) in [6, 6.07) is 29.0. The second-order valence-corrected chi connectivity index (χ2v) is 15.0. The Morgan fingerprint density at radius 2 is 1.48 bits per heavy atom. The van der Waals surface area contributed by atoms with E-state index in [1.807, 2.05) is 83.7 Å². The molecule has 14 nitrogen and oxygen atoms in total. The highest BCUT2D eigenvalue weighted by atomic mass is 16.5. The molecule has 2 aliphatic heterocycles. The minimum Gasteiger partial charge on any atom is -0.493 e. The molecule has 1 saturated heterocycles. The number of carbonyl (C=O) groups is 5. The first-order valence-corrected chi connectivity index (χ1v) is 20.5. The number of fused-ring (bicyclic) bond motifs is 2. The average Bonchev–Trinajstić information content (AvgIpc) is 3.98. The summed E-state index contributed by atoms with van der Waals surface area (Å²) in [5.41, 5.74) is 7.61. The predicted octanol–water partition coefficient (Wildman–Crippen LogP) is 6.57. The van der Waals surface area contributed by atoms with Gasteiger partial charge in [-0.1, -0.05) is 42.5 Å². The standard InChI is InChI=1S/C48H41N5O9/c54-40-17-10-31-27-32(9-15-36(31)40)38-28-52(51-45(38)30-19-21-49-22-20-30)34-11-13-35(14-12-34)62-29-33-5-1-2-7-41(33)61-26-25-59-23-4-24-60-42-8-3-6-37-44(42)48(58)53(47(37)57)39-16-18-43(55)50-46(39)56/h1-3,5-9,11-15,19-22,27-28,39H,4,10,16-18,23-26,29H2,(H,50,55,56). The number of nitrogens with zero attached hydrogens (tertiary/aromatic N) is 4. The molecule has 14 heteroatoms. The number of benzene rings is 4. The highest BCUT2D eigenvalue weighted by Crippen LogP contribution is 2.36. The van der Waals surface area contributed by atoms with E-state index in [2.05, 4.69) is 16.4 Å². The van der Waals surface area contributed by atoms with E-state index in [4.69, 9.17) is 24.0 Å². The van der Waals surface area contributed by atoms with Crippen LogP contribution in [0.4, 0.5) is 0 Å². The average molecular weight is 832 g/mol. The number of Topliss-reactive ketones (excluding diaryl/α,β-unsaturated/α-hetero) is 1. The van der Waals surface area contributed by atoms with E-state index in [9.17, 15) is 24.0 Å². The number of ketones is 1. The lowest BCUT2D eigenvalue weighted by Gasteiger charge is -2.27. The monoisotopic (exact) mass is 831 g/mol. The van der Waals surface area contributed by atoms with Gasteiger partial charge in [0.1, 0.15) is 42.2 Å². The van der Waals surface area contributed by atoms with Gasteiger partial charge in [0.15, 0.2) is 5.78 Å². The van der Waals surface area contributed by atoms with Crippen molar-refractivity contribution < 1.29 is 42.9 Å². The molecule has 4 aromatic carbocycles. The third-order valence-electron chi connectivity index (χ3n) is 11.1. The molecule has 0 radical (unpaired) electrons. The number of hydrogen-bond acceptors (Lipinski definition) is 11. The second kappa shape index (κ2) is 17.6. The molecule has 1 fully saturated rings. The summed E-state index contributed by atoms with van der Waals surface area (Å²) in [4.78, 5) is 67.8. The molecule has 0 bridgehead atoms. The van der Waals surface area contributed by atoms with Gasteiger partial charge >= 0.3 is 0 Å². The lowest BCUT2D eigenvalue weighted by molar-refractivity contribution is -0.136. The number of aromatic nitrogens is 3. The Bertz CT molecular complexity index is 2700. The zero-order chi connectivity index (χ0) is 42.6. The number of rotatable bonds is 16. The zero-order valence-corrected chi connectivity index (χ0v) is 33.6. The largest absolute Gasteiger partial charge is 0.493 e. The molecular formula is C48H41N5O9. The van der Waals surface area contributed by atoms with Crippen LogP contribution in [0.3, 0.4) is 0 Å². The predicted molar refractivity (Wildman–Crippen MR) is 225 cm³/mol. The van der Waals surface area contributed by atoms with Crippen LogP contribution in [0.2, 0.25) is 0 Å². The maximum atomic E-state index is 13.3. The van der Waals surface area contributed by atoms with E-state index in [0.29, 0.717) is 44.2 Å². The fraction of sp³-hybridized carbons (Fsp3) is 0.229. The van der Waals surface area contributed by atoms with Gasteiger partial charge in [0.05, 0.1) is 30.0 Å². The first kappa shape index (κ1) is 40.0. The van der Waals surface area contributed by atoms with Crippen molar-refractivity contribution in [3.05, 3.63) is 143 Å². The van der Waals surface area contributed by atoms with E-state index >= 15 is 0 Å². The summed E-state index contributed by atoms with van der Waals surface area (Å²) in [5.74, 6) is -0.478. The Morgan fingerprint density at radius 1 is 0.677 bits per heavy atom. The number of carbonyl (C=O) groups excluding carboxylic acids is 5. The second-order valence-electron chi connectivity index (χ2n) is 15.0. The third-order valence-corrected chi connectivity index (χ3v) is 11.1. The summed E-state index contributed by atoms with van der Waals surface area (Å²) < 4.78 is 25.7. The number of nitrogens with one attached hydrogen (secondary N) is 1. The Morgan fingerprint density at radius 3 is 2.32 bits per heavy atom. The van der Waals surface area contributed by atoms with Crippen LogP contribution in [0.5, 0.6) is 17.2 Å². The topological polar surface area (TPSA) is 168 Å². The Hall–Kier alpha value is -7.45. The van der Waals surface area contributed by atoms with Crippen LogP contribution < -0.4 is 19.5 Å². The Kier molecular flexibility index (Phi) is 11.4. The molecule has 1 unspecified atom stereocenters. The molecule has 1 aliphatic carbocycles. The van der Waals surface area contributed by atoms with Gasteiger partial charge in [-0.3, -0.25) is 39.2 Å². The summed E-state index contributed by atoms with van der Waals surface area (Å²) in [5, 5.41) is 7.18. The molecule has 0 spiro atoms. The molecular weight excluding hydrogens is 791 g/mol. The van der Waals surface area contributed by atoms with Crippen LogP contribution in [0.25, 0.3) is 28.1 Å². The van der Waals surface area contributed by atoms with Crippen molar-refractivity contribution in [1.82, 2.24) is 25.0 Å². The molecule has 4 heterocycles. The van der Waals surface area contributed by atoms with Crippen molar-refractivity contribution in [3.8, 4) is 45.3 Å². The number of piperidine rings is 1. The molecule has 9 rings (SSSR count). The summed E-state index contributed by atoms with van der Waals surface area (Å²) >= 11 is 0. The Balaban J connectivity index is 0.750. The van der Waals surface area contributed by atoms with Crippen molar-refractivity contribution >= 4 is 29.4 Å². The van der Waals surface area contributed by atoms with Crippen molar-refractivity contribution in [2.24, 2.45) is 0 Å². The van der Waals surface area contributed by atoms with Crippen molar-refractivity contribution in [1.29, 1.82) is 0 Å². The minimum absolute atomic E-state index is 0.0466. The number of ether oxygens (including phenoxy) is 4. The number of aryl methyl sites for hydroxylation is 1. The van der Waals surface area contributed by atoms with Crippen LogP contribution in [-0.2, 0) is 27.4 Å². The molecule has 4 amide bonds. The molecule has 3 aliphatic rings. The fourth-order valence-corrected chi connectivity index (χ4v) is 7.94. The van der Waals surface area contributed by atoms with Crippen molar-refractivity contribution in [3.63, 3.8) is 0 Å². The zero-order valence-electron chi connectivity index (χ0n) is 33.6. The lowest BCUT2D eigenvalue weighted by atomic mass is 9.98. The van der Waals surface area contributed by atoms with Gasteiger partial charge in [0, 0.05) is 66.7 Å². The van der Waals surface area contributed by atoms with Crippen LogP contribution in [0.15, 0.2) is 116 Å². The number of imide groups is 2. The van der Waals surface area contributed by atoms with Crippen LogP contribution in [0.1, 0.15) is 67.9 Å². The van der Waals surface area contributed by atoms with E-state index in [-0.39, 0.29) is 48.7 Å². The SMILES string of the molecule is O=C1CCC(N2C(=O)c3cccc(OCCCOCCOc4ccccc4COc4ccc(-n5cc(-c6ccc7c(c6)CCC7=O)c(-c6ccncc6)n5)cc4)c3C2=O)C(=O)N1. The van der Waals surface area contributed by atoms with Crippen LogP contribution in [0, 0.1) is 0 Å². The molecule has 6 aromatic rings. The molecule has 62 heavy (non-hydrogen) atoms. The highest BCUT2D eigenvalue weighted by Gasteiger charge is 2.46. The van der Waals surface area contributed by atoms with Gasteiger partial charge in [-0.05, 0) is 78.6 Å². The Labute approximate surface area is 356 Å². The van der Waals surface area contributed by atoms with E-state index in [1.165, 1.54) is 6.07 Å². The highest BCUT2D eigenvalue weighted by molar-refractivity contribution is 6.24. The molecule has 2 aromatic heterocycles.